The molecule has 0 saturated carbocycles. The summed E-state index contributed by atoms with van der Waals surface area (Å²) in [6.45, 7) is 2.10. The van der Waals surface area contributed by atoms with Crippen LogP contribution in [0.15, 0.2) is 48.5 Å². The summed E-state index contributed by atoms with van der Waals surface area (Å²) in [5.74, 6) is 0.887. The van der Waals surface area contributed by atoms with E-state index >= 15 is 0 Å². The highest BCUT2D eigenvalue weighted by atomic mass is 14.9. The molecule has 0 aliphatic heterocycles. The Balaban J connectivity index is 1.92. The lowest BCUT2D eigenvalue weighted by atomic mass is 10.1. The SMILES string of the molecule is Cc1cccc(C=Cc2nc3ccccc3[nH]2)c1. The smallest absolute Gasteiger partial charge is 0.131 e. The third-order valence-electron chi connectivity index (χ3n) is 2.88. The molecule has 1 heterocycles. The average Bonchev–Trinajstić information content (AvgIpc) is 2.79. The average molecular weight is 234 g/mol. The second kappa shape index (κ2) is 4.49. The molecule has 0 radical (unpaired) electrons. The van der Waals surface area contributed by atoms with E-state index in [9.17, 15) is 0 Å². The Kier molecular flexibility index (Phi) is 2.69. The maximum absolute atomic E-state index is 4.51. The number of imidazole rings is 1. The van der Waals surface area contributed by atoms with E-state index in [1.807, 2.05) is 30.3 Å². The van der Waals surface area contributed by atoms with Crippen LogP contribution in [0.2, 0.25) is 0 Å². The fourth-order valence-electron chi connectivity index (χ4n) is 2.00. The van der Waals surface area contributed by atoms with Crippen molar-refractivity contribution in [3.63, 3.8) is 0 Å². The monoisotopic (exact) mass is 234 g/mol. The molecule has 0 fully saturated rings. The van der Waals surface area contributed by atoms with E-state index in [-0.39, 0.29) is 0 Å². The number of hydrogen-bond acceptors (Lipinski definition) is 1. The van der Waals surface area contributed by atoms with Crippen LogP contribution in [-0.2, 0) is 0 Å². The lowest BCUT2D eigenvalue weighted by Crippen LogP contribution is -1.76. The summed E-state index contributed by atoms with van der Waals surface area (Å²) in [6.07, 6.45) is 4.08. The molecule has 0 unspecified atom stereocenters. The summed E-state index contributed by atoms with van der Waals surface area (Å²) >= 11 is 0. The maximum Gasteiger partial charge on any atom is 0.131 e. The van der Waals surface area contributed by atoms with Gasteiger partial charge in [0.25, 0.3) is 0 Å². The molecule has 2 nitrogen and oxygen atoms in total. The van der Waals surface area contributed by atoms with Gasteiger partial charge in [-0.3, -0.25) is 0 Å². The molecule has 88 valence electrons. The van der Waals surface area contributed by atoms with Gasteiger partial charge in [-0.2, -0.15) is 0 Å². The number of aromatic nitrogens is 2. The molecule has 0 aliphatic rings. The molecule has 3 aromatic rings. The van der Waals surface area contributed by atoms with E-state index in [0.717, 1.165) is 16.9 Å². The van der Waals surface area contributed by atoms with Gasteiger partial charge in [-0.05, 0) is 30.7 Å². The lowest BCUT2D eigenvalue weighted by Gasteiger charge is -1.94. The Morgan fingerprint density at radius 3 is 2.72 bits per heavy atom. The predicted octanol–water partition coefficient (Wildman–Crippen LogP) is 4.04. The Bertz CT molecular complexity index is 675. The van der Waals surface area contributed by atoms with Gasteiger partial charge < -0.3 is 4.98 Å². The normalized spacial score (nSPS) is 11.4. The number of aryl methyl sites for hydroxylation is 1. The van der Waals surface area contributed by atoms with Gasteiger partial charge in [0.1, 0.15) is 5.82 Å². The van der Waals surface area contributed by atoms with Crippen LogP contribution < -0.4 is 0 Å². The summed E-state index contributed by atoms with van der Waals surface area (Å²) in [5.41, 5.74) is 4.53. The topological polar surface area (TPSA) is 28.7 Å². The van der Waals surface area contributed by atoms with Crippen molar-refractivity contribution < 1.29 is 0 Å². The predicted molar refractivity (Wildman–Crippen MR) is 76.2 cm³/mol. The lowest BCUT2D eigenvalue weighted by molar-refractivity contribution is 1.29. The molecule has 0 bridgehead atoms. The van der Waals surface area contributed by atoms with E-state index in [1.165, 1.54) is 11.1 Å². The molecule has 0 saturated heterocycles. The highest BCUT2D eigenvalue weighted by Crippen LogP contribution is 2.13. The number of fused-ring (bicyclic) bond motifs is 1. The van der Waals surface area contributed by atoms with Gasteiger partial charge >= 0.3 is 0 Å². The molecule has 0 amide bonds. The summed E-state index contributed by atoms with van der Waals surface area (Å²) in [5, 5.41) is 0. The molecule has 0 spiro atoms. The van der Waals surface area contributed by atoms with Crippen molar-refractivity contribution in [2.75, 3.05) is 0 Å². The number of rotatable bonds is 2. The van der Waals surface area contributed by atoms with Crippen LogP contribution in [0.4, 0.5) is 0 Å². The zero-order valence-corrected chi connectivity index (χ0v) is 10.2. The molecule has 2 aromatic carbocycles. The highest BCUT2D eigenvalue weighted by Gasteiger charge is 1.97. The number of nitrogens with zero attached hydrogens (tertiary/aromatic N) is 1. The number of aromatic amines is 1. The van der Waals surface area contributed by atoms with Gasteiger partial charge in [0, 0.05) is 0 Å². The zero-order chi connectivity index (χ0) is 12.4. The molecular formula is C16H14N2. The molecular weight excluding hydrogens is 220 g/mol. The van der Waals surface area contributed by atoms with Crippen LogP contribution >= 0.6 is 0 Å². The van der Waals surface area contributed by atoms with Crippen molar-refractivity contribution in [2.24, 2.45) is 0 Å². The first-order valence-corrected chi connectivity index (χ1v) is 6.01. The van der Waals surface area contributed by atoms with Gasteiger partial charge in [0.15, 0.2) is 0 Å². The van der Waals surface area contributed by atoms with E-state index in [4.69, 9.17) is 0 Å². The van der Waals surface area contributed by atoms with Gasteiger partial charge in [-0.1, -0.05) is 48.0 Å². The Hall–Kier alpha value is -2.35. The number of hydrogen-bond donors (Lipinski definition) is 1. The molecule has 0 atom stereocenters. The largest absolute Gasteiger partial charge is 0.338 e. The van der Waals surface area contributed by atoms with E-state index in [2.05, 4.69) is 47.2 Å². The number of nitrogens with one attached hydrogen (secondary N) is 1. The molecule has 0 aliphatic carbocycles. The standard InChI is InChI=1S/C16H14N2/c1-12-5-4-6-13(11-12)9-10-16-17-14-7-2-3-8-15(14)18-16/h2-11H,1H3,(H,17,18). The van der Waals surface area contributed by atoms with Crippen molar-refractivity contribution in [2.45, 2.75) is 6.92 Å². The third-order valence-corrected chi connectivity index (χ3v) is 2.88. The van der Waals surface area contributed by atoms with Crippen LogP contribution in [0.3, 0.4) is 0 Å². The van der Waals surface area contributed by atoms with Crippen LogP contribution in [0.5, 0.6) is 0 Å². The van der Waals surface area contributed by atoms with Gasteiger partial charge in [0.2, 0.25) is 0 Å². The van der Waals surface area contributed by atoms with Gasteiger partial charge in [0.05, 0.1) is 11.0 Å². The fourth-order valence-corrected chi connectivity index (χ4v) is 2.00. The minimum Gasteiger partial charge on any atom is -0.338 e. The first kappa shape index (κ1) is 10.8. The first-order chi connectivity index (χ1) is 8.81. The molecule has 18 heavy (non-hydrogen) atoms. The number of para-hydroxylation sites is 2. The zero-order valence-electron chi connectivity index (χ0n) is 10.2. The summed E-state index contributed by atoms with van der Waals surface area (Å²) in [6, 6.07) is 16.4. The van der Waals surface area contributed by atoms with Crippen molar-refractivity contribution in [1.82, 2.24) is 9.97 Å². The quantitative estimate of drug-likeness (QED) is 0.712. The second-order valence-electron chi connectivity index (χ2n) is 4.39. The molecule has 1 aromatic heterocycles. The summed E-state index contributed by atoms with van der Waals surface area (Å²) in [7, 11) is 0. The van der Waals surface area contributed by atoms with Crippen molar-refractivity contribution in [1.29, 1.82) is 0 Å². The number of H-pyrrole nitrogens is 1. The third kappa shape index (κ3) is 2.18. The Morgan fingerprint density at radius 2 is 1.89 bits per heavy atom. The van der Waals surface area contributed by atoms with E-state index in [0.29, 0.717) is 0 Å². The van der Waals surface area contributed by atoms with Gasteiger partial charge in [-0.15, -0.1) is 0 Å². The molecule has 1 N–H and O–H groups in total. The van der Waals surface area contributed by atoms with E-state index < -0.39 is 0 Å². The van der Waals surface area contributed by atoms with Crippen LogP contribution in [0.1, 0.15) is 17.0 Å². The highest BCUT2D eigenvalue weighted by molar-refractivity contribution is 5.78. The van der Waals surface area contributed by atoms with Crippen molar-refractivity contribution in [3.05, 3.63) is 65.5 Å². The molecule has 3 rings (SSSR count). The van der Waals surface area contributed by atoms with Crippen LogP contribution in [0, 0.1) is 6.92 Å². The summed E-state index contributed by atoms with van der Waals surface area (Å²) in [4.78, 5) is 7.79. The molecule has 2 heteroatoms. The first-order valence-electron chi connectivity index (χ1n) is 6.01. The van der Waals surface area contributed by atoms with E-state index in [1.54, 1.807) is 0 Å². The van der Waals surface area contributed by atoms with Gasteiger partial charge in [-0.25, -0.2) is 4.98 Å². The van der Waals surface area contributed by atoms with Crippen molar-refractivity contribution >= 4 is 23.2 Å². The Morgan fingerprint density at radius 1 is 1.00 bits per heavy atom. The second-order valence-corrected chi connectivity index (χ2v) is 4.39. The summed E-state index contributed by atoms with van der Waals surface area (Å²) < 4.78 is 0. The number of benzene rings is 2. The van der Waals surface area contributed by atoms with Crippen LogP contribution in [0.25, 0.3) is 23.2 Å². The van der Waals surface area contributed by atoms with Crippen LogP contribution in [-0.4, -0.2) is 9.97 Å². The Labute approximate surface area is 106 Å². The minimum atomic E-state index is 0.887. The fraction of sp³-hybridized carbons (Fsp3) is 0.0625. The van der Waals surface area contributed by atoms with Crippen molar-refractivity contribution in [3.8, 4) is 0 Å². The minimum absolute atomic E-state index is 0.887. The maximum atomic E-state index is 4.51.